The summed E-state index contributed by atoms with van der Waals surface area (Å²) in [7, 11) is -3.75. The fourth-order valence-corrected chi connectivity index (χ4v) is 4.69. The number of nitrogens with zero attached hydrogens (tertiary/aromatic N) is 2. The van der Waals surface area contributed by atoms with Crippen LogP contribution in [0.2, 0.25) is 0 Å². The first-order chi connectivity index (χ1) is 11.5. The fraction of sp³-hybridized carbons (Fsp3) is 0.333. The zero-order chi connectivity index (χ0) is 17.2. The molecule has 24 heavy (non-hydrogen) atoms. The third kappa shape index (κ3) is 3.34. The molecule has 0 aliphatic carbocycles. The molecule has 0 saturated carbocycles. The molecular formula is C15H17N3O4S2. The number of sulfonamides is 1. The molecule has 3 rings (SSSR count). The van der Waals surface area contributed by atoms with Crippen LogP contribution in [-0.2, 0) is 14.8 Å². The number of morpholine rings is 1. The standard InChI is InChI=1S/C15H17N3O4S2/c1-11-15(23-10-16-11)17-14(19)12-4-2-3-5-13(12)24(20,21)18-6-8-22-9-7-18/h2-5,10H,6-9H2,1H3,(H,17,19). The van der Waals surface area contributed by atoms with Gasteiger partial charge in [-0.25, -0.2) is 13.4 Å². The van der Waals surface area contributed by atoms with E-state index in [1.807, 2.05) is 0 Å². The van der Waals surface area contributed by atoms with Crippen molar-refractivity contribution in [1.29, 1.82) is 0 Å². The first kappa shape index (κ1) is 17.0. The number of amides is 1. The number of thiazole rings is 1. The molecule has 1 amide bonds. The Morgan fingerprint density at radius 1 is 1.29 bits per heavy atom. The lowest BCUT2D eigenvalue weighted by atomic mass is 10.2. The highest BCUT2D eigenvalue weighted by atomic mass is 32.2. The number of carbonyl (C=O) groups is 1. The first-order valence-corrected chi connectivity index (χ1v) is 9.70. The largest absolute Gasteiger partial charge is 0.379 e. The Bertz CT molecular complexity index is 842. The van der Waals surface area contributed by atoms with E-state index < -0.39 is 15.9 Å². The van der Waals surface area contributed by atoms with Crippen molar-refractivity contribution in [3.8, 4) is 0 Å². The Morgan fingerprint density at radius 3 is 2.67 bits per heavy atom. The van der Waals surface area contributed by atoms with E-state index in [-0.39, 0.29) is 23.5 Å². The van der Waals surface area contributed by atoms with Crippen molar-refractivity contribution < 1.29 is 17.9 Å². The number of benzene rings is 1. The van der Waals surface area contributed by atoms with Gasteiger partial charge in [-0.15, -0.1) is 11.3 Å². The van der Waals surface area contributed by atoms with Gasteiger partial charge in [-0.2, -0.15) is 4.31 Å². The van der Waals surface area contributed by atoms with E-state index in [9.17, 15) is 13.2 Å². The highest BCUT2D eigenvalue weighted by molar-refractivity contribution is 7.89. The molecule has 2 aromatic rings. The number of rotatable bonds is 4. The molecule has 1 aliphatic heterocycles. The third-order valence-electron chi connectivity index (χ3n) is 3.69. The van der Waals surface area contributed by atoms with E-state index in [1.54, 1.807) is 24.6 Å². The summed E-state index contributed by atoms with van der Waals surface area (Å²) in [5.41, 5.74) is 2.44. The van der Waals surface area contributed by atoms with Crippen LogP contribution in [0.1, 0.15) is 16.1 Å². The normalized spacial score (nSPS) is 16.0. The van der Waals surface area contributed by atoms with Crippen LogP contribution >= 0.6 is 11.3 Å². The maximum atomic E-state index is 12.9. The van der Waals surface area contributed by atoms with E-state index in [0.717, 1.165) is 0 Å². The van der Waals surface area contributed by atoms with Crippen molar-refractivity contribution in [2.45, 2.75) is 11.8 Å². The molecule has 0 bridgehead atoms. The summed E-state index contributed by atoms with van der Waals surface area (Å²) in [6, 6.07) is 6.23. The molecule has 1 fully saturated rings. The lowest BCUT2D eigenvalue weighted by molar-refractivity contribution is 0.0730. The van der Waals surface area contributed by atoms with Gasteiger partial charge >= 0.3 is 0 Å². The maximum absolute atomic E-state index is 12.9. The minimum absolute atomic E-state index is 0.00608. The Kier molecular flexibility index (Phi) is 4.95. The zero-order valence-corrected chi connectivity index (χ0v) is 14.7. The predicted octanol–water partition coefficient (Wildman–Crippen LogP) is 1.72. The Morgan fingerprint density at radius 2 is 2.00 bits per heavy atom. The van der Waals surface area contributed by atoms with Gasteiger partial charge in [0.05, 0.1) is 34.9 Å². The van der Waals surface area contributed by atoms with Crippen LogP contribution in [0.4, 0.5) is 5.00 Å². The summed E-state index contributed by atoms with van der Waals surface area (Å²) < 4.78 is 32.3. The average molecular weight is 367 g/mol. The number of aromatic nitrogens is 1. The SMILES string of the molecule is Cc1ncsc1NC(=O)c1ccccc1S(=O)(=O)N1CCOCC1. The van der Waals surface area contributed by atoms with Gasteiger partial charge < -0.3 is 10.1 Å². The molecule has 1 saturated heterocycles. The summed E-state index contributed by atoms with van der Waals surface area (Å²) in [6.07, 6.45) is 0. The second-order valence-electron chi connectivity index (χ2n) is 5.23. The van der Waals surface area contributed by atoms with Gasteiger partial charge in [0.15, 0.2) is 0 Å². The van der Waals surface area contributed by atoms with Gasteiger partial charge in [-0.1, -0.05) is 12.1 Å². The lowest BCUT2D eigenvalue weighted by Crippen LogP contribution is -2.41. The molecule has 2 heterocycles. The van der Waals surface area contributed by atoms with Gasteiger partial charge in [0.1, 0.15) is 5.00 Å². The molecule has 7 nitrogen and oxygen atoms in total. The van der Waals surface area contributed by atoms with Gasteiger partial charge in [0.2, 0.25) is 10.0 Å². The van der Waals surface area contributed by atoms with Gasteiger partial charge in [-0.3, -0.25) is 4.79 Å². The molecule has 1 aromatic heterocycles. The second kappa shape index (κ2) is 6.98. The minimum atomic E-state index is -3.75. The van der Waals surface area contributed by atoms with E-state index >= 15 is 0 Å². The molecule has 9 heteroatoms. The molecule has 0 radical (unpaired) electrons. The summed E-state index contributed by atoms with van der Waals surface area (Å²) in [5, 5.41) is 3.34. The number of aryl methyl sites for hydroxylation is 1. The second-order valence-corrected chi connectivity index (χ2v) is 7.99. The van der Waals surface area contributed by atoms with Crippen LogP contribution in [-0.4, -0.2) is 49.9 Å². The lowest BCUT2D eigenvalue weighted by Gasteiger charge is -2.26. The number of hydrogen-bond donors (Lipinski definition) is 1. The van der Waals surface area contributed by atoms with E-state index in [2.05, 4.69) is 10.3 Å². The summed E-state index contributed by atoms with van der Waals surface area (Å²) in [5.74, 6) is -0.463. The highest BCUT2D eigenvalue weighted by Crippen LogP contribution is 2.24. The zero-order valence-electron chi connectivity index (χ0n) is 13.1. The number of hydrogen-bond acceptors (Lipinski definition) is 6. The molecule has 0 spiro atoms. The van der Waals surface area contributed by atoms with E-state index in [0.29, 0.717) is 23.9 Å². The number of ether oxygens (including phenoxy) is 1. The predicted molar refractivity (Wildman–Crippen MR) is 90.8 cm³/mol. The van der Waals surface area contributed by atoms with Crippen molar-refractivity contribution in [3.05, 3.63) is 41.0 Å². The van der Waals surface area contributed by atoms with Crippen LogP contribution < -0.4 is 5.32 Å². The number of nitrogens with one attached hydrogen (secondary N) is 1. The van der Waals surface area contributed by atoms with Crippen molar-refractivity contribution in [3.63, 3.8) is 0 Å². The summed E-state index contributed by atoms with van der Waals surface area (Å²) in [4.78, 5) is 16.7. The Labute approximate surface area is 144 Å². The molecule has 1 aliphatic rings. The molecule has 0 atom stereocenters. The Hall–Kier alpha value is -1.81. The van der Waals surface area contributed by atoms with E-state index in [4.69, 9.17) is 4.74 Å². The van der Waals surface area contributed by atoms with Crippen molar-refractivity contribution in [1.82, 2.24) is 9.29 Å². The fourth-order valence-electron chi connectivity index (χ4n) is 2.40. The van der Waals surface area contributed by atoms with Gasteiger partial charge in [0.25, 0.3) is 5.91 Å². The molecule has 0 unspecified atom stereocenters. The third-order valence-corrected chi connectivity index (χ3v) is 6.49. The number of carbonyl (C=O) groups excluding carboxylic acids is 1. The topological polar surface area (TPSA) is 88.6 Å². The highest BCUT2D eigenvalue weighted by Gasteiger charge is 2.30. The quantitative estimate of drug-likeness (QED) is 0.889. The molecule has 1 N–H and O–H groups in total. The van der Waals surface area contributed by atoms with Crippen molar-refractivity contribution in [2.75, 3.05) is 31.6 Å². The van der Waals surface area contributed by atoms with Crippen LogP contribution in [0.15, 0.2) is 34.7 Å². The van der Waals surface area contributed by atoms with Crippen molar-refractivity contribution in [2.24, 2.45) is 0 Å². The van der Waals surface area contributed by atoms with Crippen LogP contribution in [0, 0.1) is 6.92 Å². The van der Waals surface area contributed by atoms with Crippen molar-refractivity contribution >= 4 is 32.3 Å². The van der Waals surface area contributed by atoms with Gasteiger partial charge in [0, 0.05) is 13.1 Å². The van der Waals surface area contributed by atoms with Crippen LogP contribution in [0.3, 0.4) is 0 Å². The Balaban J connectivity index is 1.93. The minimum Gasteiger partial charge on any atom is -0.379 e. The maximum Gasteiger partial charge on any atom is 0.257 e. The first-order valence-electron chi connectivity index (χ1n) is 7.38. The average Bonchev–Trinajstić information content (AvgIpc) is 3.00. The summed E-state index contributed by atoms with van der Waals surface area (Å²) in [6.45, 7) is 3.06. The number of anilines is 1. The van der Waals surface area contributed by atoms with Crippen LogP contribution in [0.5, 0.6) is 0 Å². The molecule has 1 aromatic carbocycles. The smallest absolute Gasteiger partial charge is 0.257 e. The molecular weight excluding hydrogens is 350 g/mol. The van der Waals surface area contributed by atoms with Crippen LogP contribution in [0.25, 0.3) is 0 Å². The van der Waals surface area contributed by atoms with Gasteiger partial charge in [-0.05, 0) is 19.1 Å². The molecule has 128 valence electrons. The van der Waals surface area contributed by atoms with E-state index in [1.165, 1.54) is 27.8 Å². The summed E-state index contributed by atoms with van der Waals surface area (Å²) >= 11 is 1.29. The monoisotopic (exact) mass is 367 g/mol.